The lowest BCUT2D eigenvalue weighted by Gasteiger charge is -2.18. The standard InChI is InChI=1S/C12H15N3O2S/c1-2-4-15(5-6-16)9-11(17)14-12-10(8-13)3-7-18-12/h2-3,7,16H,1,4-6,9H2,(H,14,17). The first-order valence-corrected chi connectivity index (χ1v) is 6.30. The number of nitrogens with one attached hydrogen (secondary N) is 1. The Labute approximate surface area is 110 Å². The molecule has 0 unspecified atom stereocenters. The van der Waals surface area contributed by atoms with Gasteiger partial charge in [-0.05, 0) is 11.4 Å². The molecule has 0 aliphatic carbocycles. The number of rotatable bonds is 7. The molecule has 0 bridgehead atoms. The number of nitrogens with zero attached hydrogens (tertiary/aromatic N) is 2. The molecule has 96 valence electrons. The number of hydrogen-bond acceptors (Lipinski definition) is 5. The molecule has 0 aliphatic heterocycles. The van der Waals surface area contributed by atoms with Gasteiger partial charge in [-0.15, -0.1) is 17.9 Å². The van der Waals surface area contributed by atoms with Crippen molar-refractivity contribution in [2.45, 2.75) is 0 Å². The molecule has 0 aromatic carbocycles. The lowest BCUT2D eigenvalue weighted by atomic mass is 10.3. The Hall–Kier alpha value is -1.68. The van der Waals surface area contributed by atoms with Crippen molar-refractivity contribution in [3.63, 3.8) is 0 Å². The van der Waals surface area contributed by atoms with E-state index in [1.165, 1.54) is 11.3 Å². The first-order valence-electron chi connectivity index (χ1n) is 5.42. The number of carbonyl (C=O) groups is 1. The van der Waals surface area contributed by atoms with Gasteiger partial charge in [0.2, 0.25) is 5.91 Å². The minimum absolute atomic E-state index is 0.0103. The summed E-state index contributed by atoms with van der Waals surface area (Å²) in [6.07, 6.45) is 1.68. The average molecular weight is 265 g/mol. The zero-order valence-corrected chi connectivity index (χ0v) is 10.7. The monoisotopic (exact) mass is 265 g/mol. The minimum atomic E-state index is -0.204. The third-order valence-corrected chi connectivity index (χ3v) is 3.04. The van der Waals surface area contributed by atoms with Gasteiger partial charge in [-0.2, -0.15) is 5.26 Å². The van der Waals surface area contributed by atoms with E-state index in [0.29, 0.717) is 23.7 Å². The van der Waals surface area contributed by atoms with E-state index in [-0.39, 0.29) is 19.1 Å². The molecule has 6 heteroatoms. The average Bonchev–Trinajstić information content (AvgIpc) is 2.76. The first kappa shape index (κ1) is 14.4. The second-order valence-electron chi connectivity index (χ2n) is 3.57. The highest BCUT2D eigenvalue weighted by molar-refractivity contribution is 7.14. The summed E-state index contributed by atoms with van der Waals surface area (Å²) in [5, 5.41) is 22.7. The van der Waals surface area contributed by atoms with Crippen LogP contribution in [0.2, 0.25) is 0 Å². The number of hydrogen-bond donors (Lipinski definition) is 2. The van der Waals surface area contributed by atoms with Crippen LogP contribution in [0.5, 0.6) is 0 Å². The largest absolute Gasteiger partial charge is 0.395 e. The minimum Gasteiger partial charge on any atom is -0.395 e. The second kappa shape index (κ2) is 7.61. The summed E-state index contributed by atoms with van der Waals surface area (Å²) >= 11 is 1.31. The van der Waals surface area contributed by atoms with Gasteiger partial charge in [0.25, 0.3) is 0 Å². The Morgan fingerprint density at radius 1 is 1.72 bits per heavy atom. The van der Waals surface area contributed by atoms with Crippen LogP contribution < -0.4 is 5.32 Å². The third kappa shape index (κ3) is 4.30. The molecule has 0 atom stereocenters. The summed E-state index contributed by atoms with van der Waals surface area (Å²) in [4.78, 5) is 13.5. The Bertz CT molecular complexity index is 450. The van der Waals surface area contributed by atoms with Crippen LogP contribution in [0.3, 0.4) is 0 Å². The third-order valence-electron chi connectivity index (χ3n) is 2.21. The number of amides is 1. The van der Waals surface area contributed by atoms with Gasteiger partial charge in [0.05, 0.1) is 18.7 Å². The molecule has 2 N–H and O–H groups in total. The van der Waals surface area contributed by atoms with Crippen molar-refractivity contribution < 1.29 is 9.90 Å². The van der Waals surface area contributed by atoms with Crippen molar-refractivity contribution in [2.75, 3.05) is 31.6 Å². The van der Waals surface area contributed by atoms with Crippen LogP contribution in [-0.4, -0.2) is 42.2 Å². The molecule has 5 nitrogen and oxygen atoms in total. The Morgan fingerprint density at radius 2 is 2.50 bits per heavy atom. The molecule has 1 amide bonds. The number of nitriles is 1. The van der Waals surface area contributed by atoms with Gasteiger partial charge in [0.15, 0.2) is 0 Å². The highest BCUT2D eigenvalue weighted by atomic mass is 32.1. The van der Waals surface area contributed by atoms with Gasteiger partial charge >= 0.3 is 0 Å². The summed E-state index contributed by atoms with van der Waals surface area (Å²) in [5.41, 5.74) is 0.464. The fraction of sp³-hybridized carbons (Fsp3) is 0.333. The Kier molecular flexibility index (Phi) is 6.08. The van der Waals surface area contributed by atoms with Crippen LogP contribution in [0.1, 0.15) is 5.56 Å². The highest BCUT2D eigenvalue weighted by Gasteiger charge is 2.11. The molecule has 1 heterocycles. The molecule has 0 spiro atoms. The van der Waals surface area contributed by atoms with Gasteiger partial charge in [0.1, 0.15) is 11.1 Å². The van der Waals surface area contributed by atoms with Gasteiger partial charge < -0.3 is 10.4 Å². The maximum atomic E-state index is 11.8. The van der Waals surface area contributed by atoms with E-state index >= 15 is 0 Å². The lowest BCUT2D eigenvalue weighted by Crippen LogP contribution is -2.35. The maximum Gasteiger partial charge on any atom is 0.239 e. The number of thiophene rings is 1. The SMILES string of the molecule is C=CCN(CCO)CC(=O)Nc1sccc1C#N. The summed E-state index contributed by atoms with van der Waals surface area (Å²) < 4.78 is 0. The van der Waals surface area contributed by atoms with E-state index in [2.05, 4.69) is 11.9 Å². The maximum absolute atomic E-state index is 11.8. The topological polar surface area (TPSA) is 76.4 Å². The zero-order valence-electron chi connectivity index (χ0n) is 9.93. The Balaban J connectivity index is 2.55. The molecule has 0 saturated heterocycles. The van der Waals surface area contributed by atoms with E-state index in [1.54, 1.807) is 22.4 Å². The van der Waals surface area contributed by atoms with E-state index in [0.717, 1.165) is 0 Å². The van der Waals surface area contributed by atoms with Crippen LogP contribution in [-0.2, 0) is 4.79 Å². The summed E-state index contributed by atoms with van der Waals surface area (Å²) in [7, 11) is 0. The first-order chi connectivity index (χ1) is 8.71. The van der Waals surface area contributed by atoms with Crippen molar-refractivity contribution in [1.82, 2.24) is 4.90 Å². The van der Waals surface area contributed by atoms with E-state index in [4.69, 9.17) is 10.4 Å². The second-order valence-corrected chi connectivity index (χ2v) is 4.49. The molecular weight excluding hydrogens is 250 g/mol. The van der Waals surface area contributed by atoms with Crippen LogP contribution in [0.15, 0.2) is 24.1 Å². The molecule has 0 fully saturated rings. The van der Waals surface area contributed by atoms with Crippen molar-refractivity contribution >= 4 is 22.2 Å². The smallest absolute Gasteiger partial charge is 0.239 e. The molecule has 0 radical (unpaired) electrons. The van der Waals surface area contributed by atoms with Crippen molar-refractivity contribution in [1.29, 1.82) is 5.26 Å². The highest BCUT2D eigenvalue weighted by Crippen LogP contribution is 2.21. The van der Waals surface area contributed by atoms with Crippen molar-refractivity contribution in [3.8, 4) is 6.07 Å². The van der Waals surface area contributed by atoms with E-state index in [9.17, 15) is 4.79 Å². The zero-order chi connectivity index (χ0) is 13.4. The summed E-state index contributed by atoms with van der Waals surface area (Å²) in [6, 6.07) is 3.67. The number of carbonyl (C=O) groups excluding carboxylic acids is 1. The van der Waals surface area contributed by atoms with Gasteiger partial charge in [-0.25, -0.2) is 0 Å². The van der Waals surface area contributed by atoms with Gasteiger partial charge in [-0.1, -0.05) is 6.08 Å². The molecule has 0 saturated carbocycles. The lowest BCUT2D eigenvalue weighted by molar-refractivity contribution is -0.117. The molecule has 1 rings (SSSR count). The van der Waals surface area contributed by atoms with E-state index < -0.39 is 0 Å². The summed E-state index contributed by atoms with van der Waals surface area (Å²) in [5.74, 6) is -0.204. The Morgan fingerprint density at radius 3 is 3.11 bits per heavy atom. The van der Waals surface area contributed by atoms with Gasteiger partial charge in [-0.3, -0.25) is 9.69 Å². The summed E-state index contributed by atoms with van der Waals surface area (Å²) in [6.45, 7) is 4.69. The van der Waals surface area contributed by atoms with E-state index in [1.807, 2.05) is 6.07 Å². The van der Waals surface area contributed by atoms with Crippen LogP contribution in [0.25, 0.3) is 0 Å². The number of anilines is 1. The van der Waals surface area contributed by atoms with Crippen LogP contribution >= 0.6 is 11.3 Å². The fourth-order valence-electron chi connectivity index (χ4n) is 1.42. The molecule has 1 aromatic heterocycles. The predicted molar refractivity (Wildman–Crippen MR) is 71.4 cm³/mol. The number of aliphatic hydroxyl groups is 1. The normalized spacial score (nSPS) is 10.1. The van der Waals surface area contributed by atoms with Crippen molar-refractivity contribution in [2.24, 2.45) is 0 Å². The van der Waals surface area contributed by atoms with Crippen LogP contribution in [0.4, 0.5) is 5.00 Å². The number of aliphatic hydroxyl groups excluding tert-OH is 1. The van der Waals surface area contributed by atoms with Crippen molar-refractivity contribution in [3.05, 3.63) is 29.7 Å². The molecule has 0 aliphatic rings. The quantitative estimate of drug-likeness (QED) is 0.722. The van der Waals surface area contributed by atoms with Crippen LogP contribution in [0, 0.1) is 11.3 Å². The molecular formula is C12H15N3O2S. The molecule has 1 aromatic rings. The fourth-order valence-corrected chi connectivity index (χ4v) is 2.18. The predicted octanol–water partition coefficient (Wildman–Crippen LogP) is 1.04. The van der Waals surface area contributed by atoms with Gasteiger partial charge in [0, 0.05) is 13.1 Å². The molecule has 18 heavy (non-hydrogen) atoms.